The third-order valence-electron chi connectivity index (χ3n) is 3.71. The number of amides is 1. The lowest BCUT2D eigenvalue weighted by atomic mass is 10.1. The predicted octanol–water partition coefficient (Wildman–Crippen LogP) is 1.70. The van der Waals surface area contributed by atoms with E-state index in [1.165, 1.54) is 10.7 Å². The van der Waals surface area contributed by atoms with Crippen LogP contribution in [0.25, 0.3) is 5.65 Å². The molecule has 0 aliphatic heterocycles. The highest BCUT2D eigenvalue weighted by Crippen LogP contribution is 2.21. The molecule has 0 spiro atoms. The number of aliphatic hydroxyl groups is 2. The van der Waals surface area contributed by atoms with Crippen molar-refractivity contribution < 1.29 is 19.7 Å². The fourth-order valence-electron chi connectivity index (χ4n) is 2.35. The number of nitrogens with one attached hydrogen (secondary N) is 1. The molecule has 2 unspecified atom stereocenters. The summed E-state index contributed by atoms with van der Waals surface area (Å²) in [6.07, 6.45) is -0.283. The van der Waals surface area contributed by atoms with Crippen molar-refractivity contribution in [1.29, 1.82) is 0 Å². The quantitative estimate of drug-likeness (QED) is 0.565. The molecule has 0 aliphatic carbocycles. The van der Waals surface area contributed by atoms with Crippen molar-refractivity contribution >= 4 is 23.3 Å². The minimum absolute atomic E-state index is 0.113. The van der Waals surface area contributed by atoms with E-state index >= 15 is 0 Å². The number of benzene rings is 1. The molecule has 3 rings (SSSR count). The van der Waals surface area contributed by atoms with Crippen LogP contribution in [0.15, 0.2) is 48.8 Å². The molecule has 8 nitrogen and oxygen atoms in total. The molecule has 0 bridgehead atoms. The van der Waals surface area contributed by atoms with E-state index in [0.717, 1.165) is 5.56 Å². The van der Waals surface area contributed by atoms with Crippen molar-refractivity contribution in [1.82, 2.24) is 19.9 Å². The fourth-order valence-corrected chi connectivity index (χ4v) is 2.49. The van der Waals surface area contributed by atoms with E-state index < -0.39 is 18.3 Å². The average Bonchev–Trinajstić information content (AvgIpc) is 3.07. The van der Waals surface area contributed by atoms with Crippen LogP contribution >= 0.6 is 11.6 Å². The summed E-state index contributed by atoms with van der Waals surface area (Å²) >= 11 is 5.85. The number of hydrogen-bond acceptors (Lipinski definition) is 6. The van der Waals surface area contributed by atoms with Crippen LogP contribution in [0.1, 0.15) is 17.2 Å². The van der Waals surface area contributed by atoms with Gasteiger partial charge in [0, 0.05) is 18.3 Å². The van der Waals surface area contributed by atoms with Gasteiger partial charge in [-0.15, -0.1) is 0 Å². The number of fused-ring (bicyclic) bond motifs is 1. The zero-order chi connectivity index (χ0) is 18.5. The van der Waals surface area contributed by atoms with Crippen LogP contribution in [-0.2, 0) is 11.3 Å². The SMILES string of the molecule is O=C(NCC(O)C(O)c1cnn2ccc(Cl)nc12)OCc1ccccc1. The molecule has 3 aromatic rings. The first-order chi connectivity index (χ1) is 12.5. The maximum Gasteiger partial charge on any atom is 0.407 e. The van der Waals surface area contributed by atoms with Crippen molar-refractivity contribution in [2.24, 2.45) is 0 Å². The standard InChI is InChI=1S/C17H17ClN4O4/c18-14-6-7-22-16(21-14)12(8-20-22)15(24)13(23)9-19-17(25)26-10-11-4-2-1-3-5-11/h1-8,13,15,23-24H,9-10H2,(H,19,25). The first kappa shape index (κ1) is 18.1. The summed E-state index contributed by atoms with van der Waals surface area (Å²) in [6, 6.07) is 10.8. The second kappa shape index (κ2) is 8.13. The van der Waals surface area contributed by atoms with E-state index in [9.17, 15) is 15.0 Å². The molecular weight excluding hydrogens is 360 g/mol. The van der Waals surface area contributed by atoms with Crippen molar-refractivity contribution in [3.8, 4) is 0 Å². The number of ether oxygens (including phenoxy) is 1. The summed E-state index contributed by atoms with van der Waals surface area (Å²) in [4.78, 5) is 15.8. The van der Waals surface area contributed by atoms with Gasteiger partial charge in [-0.2, -0.15) is 5.10 Å². The Balaban J connectivity index is 1.54. The van der Waals surface area contributed by atoms with Crippen LogP contribution < -0.4 is 5.32 Å². The van der Waals surface area contributed by atoms with Gasteiger partial charge in [-0.1, -0.05) is 41.9 Å². The van der Waals surface area contributed by atoms with E-state index in [4.69, 9.17) is 16.3 Å². The minimum atomic E-state index is -1.30. The highest BCUT2D eigenvalue weighted by Gasteiger charge is 2.23. The molecule has 136 valence electrons. The topological polar surface area (TPSA) is 109 Å². The van der Waals surface area contributed by atoms with E-state index in [-0.39, 0.29) is 18.3 Å². The molecule has 2 aromatic heterocycles. The number of aromatic nitrogens is 3. The molecule has 0 fully saturated rings. The molecule has 1 amide bonds. The Kier molecular flexibility index (Phi) is 5.67. The maximum atomic E-state index is 11.7. The summed E-state index contributed by atoms with van der Waals surface area (Å²) in [5, 5.41) is 27.1. The maximum absolute atomic E-state index is 11.7. The Morgan fingerprint density at radius 2 is 2.04 bits per heavy atom. The van der Waals surface area contributed by atoms with Crippen LogP contribution in [0.5, 0.6) is 0 Å². The zero-order valence-corrected chi connectivity index (χ0v) is 14.4. The number of carbonyl (C=O) groups is 1. The minimum Gasteiger partial charge on any atom is -0.445 e. The Morgan fingerprint density at radius 3 is 2.81 bits per heavy atom. The Hall–Kier alpha value is -2.68. The van der Waals surface area contributed by atoms with Crippen molar-refractivity contribution in [3.05, 3.63) is 65.1 Å². The molecule has 3 N–H and O–H groups in total. The van der Waals surface area contributed by atoms with Crippen LogP contribution in [0.4, 0.5) is 4.79 Å². The smallest absolute Gasteiger partial charge is 0.407 e. The highest BCUT2D eigenvalue weighted by atomic mass is 35.5. The van der Waals surface area contributed by atoms with Gasteiger partial charge in [-0.05, 0) is 11.6 Å². The lowest BCUT2D eigenvalue weighted by molar-refractivity contribution is 0.0191. The van der Waals surface area contributed by atoms with Crippen molar-refractivity contribution in [2.45, 2.75) is 18.8 Å². The van der Waals surface area contributed by atoms with Crippen molar-refractivity contribution in [2.75, 3.05) is 6.54 Å². The van der Waals surface area contributed by atoms with E-state index in [1.54, 1.807) is 12.3 Å². The summed E-state index contributed by atoms with van der Waals surface area (Å²) < 4.78 is 6.48. The molecule has 0 aliphatic rings. The molecule has 1 aromatic carbocycles. The number of halogens is 1. The summed E-state index contributed by atoms with van der Waals surface area (Å²) in [5.74, 6) is 0. The van der Waals surface area contributed by atoms with Gasteiger partial charge in [0.25, 0.3) is 0 Å². The summed E-state index contributed by atoms with van der Waals surface area (Å²) in [6.45, 7) is -0.0888. The molecule has 0 radical (unpaired) electrons. The molecule has 26 heavy (non-hydrogen) atoms. The van der Waals surface area contributed by atoms with Crippen molar-refractivity contribution in [3.63, 3.8) is 0 Å². The van der Waals surface area contributed by atoms with E-state index in [0.29, 0.717) is 11.2 Å². The third kappa shape index (κ3) is 4.29. The number of carbonyl (C=O) groups excluding carboxylic acids is 1. The fraction of sp³-hybridized carbons (Fsp3) is 0.235. The van der Waals surface area contributed by atoms with E-state index in [2.05, 4.69) is 15.4 Å². The average molecular weight is 377 g/mol. The Labute approximate surface area is 154 Å². The first-order valence-corrected chi connectivity index (χ1v) is 8.23. The number of alkyl carbamates (subject to hydrolysis) is 1. The second-order valence-electron chi connectivity index (χ2n) is 5.57. The Morgan fingerprint density at radius 1 is 1.27 bits per heavy atom. The van der Waals surface area contributed by atoms with Gasteiger partial charge in [0.05, 0.1) is 6.20 Å². The number of aliphatic hydroxyl groups excluding tert-OH is 2. The molecule has 9 heteroatoms. The van der Waals surface area contributed by atoms with Gasteiger partial charge < -0.3 is 20.3 Å². The number of rotatable bonds is 6. The van der Waals surface area contributed by atoms with Crippen LogP contribution in [0, 0.1) is 0 Å². The van der Waals surface area contributed by atoms with Gasteiger partial charge in [0.2, 0.25) is 0 Å². The van der Waals surface area contributed by atoms with Gasteiger partial charge in [-0.3, -0.25) is 0 Å². The van der Waals surface area contributed by atoms with Gasteiger partial charge in [-0.25, -0.2) is 14.3 Å². The lowest BCUT2D eigenvalue weighted by Crippen LogP contribution is -2.35. The molecule has 0 saturated carbocycles. The van der Waals surface area contributed by atoms with Gasteiger partial charge in [0.1, 0.15) is 24.0 Å². The molecule has 0 saturated heterocycles. The molecule has 2 atom stereocenters. The monoisotopic (exact) mass is 376 g/mol. The summed E-state index contributed by atoms with van der Waals surface area (Å²) in [5.41, 5.74) is 1.48. The number of hydrogen-bond donors (Lipinski definition) is 3. The first-order valence-electron chi connectivity index (χ1n) is 7.85. The number of nitrogens with zero attached hydrogens (tertiary/aromatic N) is 3. The normalized spacial score (nSPS) is 13.3. The molecular formula is C17H17ClN4O4. The second-order valence-corrected chi connectivity index (χ2v) is 5.96. The van der Waals surface area contributed by atoms with Crippen LogP contribution in [0.3, 0.4) is 0 Å². The lowest BCUT2D eigenvalue weighted by Gasteiger charge is -2.17. The largest absolute Gasteiger partial charge is 0.445 e. The third-order valence-corrected chi connectivity index (χ3v) is 3.92. The predicted molar refractivity (Wildman–Crippen MR) is 93.6 cm³/mol. The van der Waals surface area contributed by atoms with Gasteiger partial charge >= 0.3 is 6.09 Å². The highest BCUT2D eigenvalue weighted by molar-refractivity contribution is 6.29. The summed E-state index contributed by atoms with van der Waals surface area (Å²) in [7, 11) is 0. The zero-order valence-electron chi connectivity index (χ0n) is 13.6. The van der Waals surface area contributed by atoms with Crippen LogP contribution in [-0.4, -0.2) is 43.6 Å². The van der Waals surface area contributed by atoms with E-state index in [1.807, 2.05) is 30.3 Å². The molecule has 2 heterocycles. The van der Waals surface area contributed by atoms with Crippen LogP contribution in [0.2, 0.25) is 5.15 Å². The van der Waals surface area contributed by atoms with Gasteiger partial charge in [0.15, 0.2) is 5.65 Å². The Bertz CT molecular complexity index is 887.